The topological polar surface area (TPSA) is 129 Å². The van der Waals surface area contributed by atoms with Gasteiger partial charge in [-0.25, -0.2) is 31.7 Å². The van der Waals surface area contributed by atoms with Gasteiger partial charge in [0.25, 0.3) is 6.43 Å². The Morgan fingerprint density at radius 3 is 2.75 bits per heavy atom. The average molecular weight is 814 g/mol. The van der Waals surface area contributed by atoms with Gasteiger partial charge in [0.2, 0.25) is 0 Å². The molecule has 8 rings (SSSR count). The van der Waals surface area contributed by atoms with Gasteiger partial charge < -0.3 is 20.3 Å². The molecule has 5 aromatic rings. The summed E-state index contributed by atoms with van der Waals surface area (Å²) in [7, 11) is 0. The number of nitrogen functional groups attached to an aromatic ring is 1. The van der Waals surface area contributed by atoms with Crippen molar-refractivity contribution in [3.05, 3.63) is 58.1 Å². The summed E-state index contributed by atoms with van der Waals surface area (Å²) in [6.45, 7) is 6.91. The quantitative estimate of drug-likeness (QED) is 0.154. The number of alkyl halides is 3. The fourth-order valence-corrected chi connectivity index (χ4v) is 10.2. The Hall–Kier alpha value is -4.79. The molecule has 3 aromatic heterocycles. The molecule has 11 nitrogen and oxygen atoms in total. The molecule has 6 heterocycles. The van der Waals surface area contributed by atoms with Crippen LogP contribution in [-0.4, -0.2) is 91.9 Å². The predicted molar refractivity (Wildman–Crippen MR) is 203 cm³/mol. The molecule has 4 atom stereocenters. The van der Waals surface area contributed by atoms with Gasteiger partial charge in [-0.1, -0.05) is 17.7 Å². The van der Waals surface area contributed by atoms with Crippen molar-refractivity contribution < 1.29 is 31.5 Å². The lowest BCUT2D eigenvalue weighted by molar-refractivity contribution is 0.107. The van der Waals surface area contributed by atoms with Gasteiger partial charge in [-0.2, -0.15) is 15.2 Å². The number of halogens is 6. The fraction of sp³-hybridized carbons (Fsp3) is 0.447. The number of hydrogen-bond donors (Lipinski definition) is 1. The van der Waals surface area contributed by atoms with Crippen molar-refractivity contribution in [3.63, 3.8) is 0 Å². The maximum Gasteiger partial charge on any atom is 0.329 e. The molecule has 56 heavy (non-hydrogen) atoms. The van der Waals surface area contributed by atoms with Crippen LogP contribution in [0.1, 0.15) is 63.0 Å². The van der Waals surface area contributed by atoms with Gasteiger partial charge in [-0.05, 0) is 64.3 Å². The van der Waals surface area contributed by atoms with E-state index < -0.39 is 47.5 Å². The van der Waals surface area contributed by atoms with E-state index in [1.165, 1.54) is 19.1 Å². The lowest BCUT2D eigenvalue weighted by Crippen LogP contribution is -2.47. The van der Waals surface area contributed by atoms with Crippen LogP contribution in [0.3, 0.4) is 0 Å². The Morgan fingerprint density at radius 1 is 1.25 bits per heavy atom. The molecule has 3 saturated heterocycles. The van der Waals surface area contributed by atoms with Crippen molar-refractivity contribution in [3.8, 4) is 23.2 Å². The maximum absolute atomic E-state index is 17.3. The number of likely N-dealkylation sites (tertiary alicyclic amines) is 1. The summed E-state index contributed by atoms with van der Waals surface area (Å²) in [6, 6.07) is 4.50. The van der Waals surface area contributed by atoms with Gasteiger partial charge in [0.15, 0.2) is 5.82 Å². The number of nitriles is 1. The summed E-state index contributed by atoms with van der Waals surface area (Å²) in [5, 5.41) is 10.3. The number of fused-ring (bicyclic) bond motifs is 3. The zero-order valence-corrected chi connectivity index (χ0v) is 32.2. The van der Waals surface area contributed by atoms with Crippen LogP contribution < -0.4 is 15.4 Å². The molecule has 3 aliphatic heterocycles. The molecule has 0 bridgehead atoms. The van der Waals surface area contributed by atoms with Gasteiger partial charge in [0, 0.05) is 48.6 Å². The standard InChI is InChI=1S/C38H37ClF5N9O2S/c1-4-51(27-8-11-52(18(27)2)37(54)53-16-26(33(43)44)47-19(53)3)35-22-12-24(39)29(21-6-7-25(41)32-28(21)23(14-45)34(46)56-32)30(42)31(22)48-36(49-35)55-17-38-9-5-10-50(38)15-20(40)13-38/h6-7,12,16,18,20,27,33H,4-5,8-11,13,15,17,46H2,1-3H3/t18-,20-,27-,38+/m1/s1. The van der Waals surface area contributed by atoms with Crippen LogP contribution in [0.15, 0.2) is 24.4 Å². The number of nitrogens with two attached hydrogens (primary N) is 1. The highest BCUT2D eigenvalue weighted by molar-refractivity contribution is 7.23. The molecule has 3 fully saturated rings. The third-order valence-corrected chi connectivity index (χ3v) is 12.9. The second-order valence-corrected chi connectivity index (χ2v) is 16.1. The first kappa shape index (κ1) is 38.1. The number of imidazole rings is 1. The van der Waals surface area contributed by atoms with E-state index in [4.69, 9.17) is 27.1 Å². The van der Waals surface area contributed by atoms with Crippen LogP contribution in [-0.2, 0) is 0 Å². The first-order valence-electron chi connectivity index (χ1n) is 18.3. The number of anilines is 2. The molecule has 2 N–H and O–H groups in total. The molecule has 18 heteroatoms. The van der Waals surface area contributed by atoms with E-state index in [0.717, 1.165) is 41.1 Å². The second kappa shape index (κ2) is 14.3. The summed E-state index contributed by atoms with van der Waals surface area (Å²) in [4.78, 5) is 32.5. The lowest BCUT2D eigenvalue weighted by Gasteiger charge is -2.35. The predicted octanol–water partition coefficient (Wildman–Crippen LogP) is 8.25. The summed E-state index contributed by atoms with van der Waals surface area (Å²) in [5.41, 5.74) is 4.88. The van der Waals surface area contributed by atoms with Gasteiger partial charge in [0.1, 0.15) is 52.5 Å². The number of aryl methyl sites for hydroxylation is 1. The molecule has 3 aliphatic rings. The van der Waals surface area contributed by atoms with Gasteiger partial charge in [-0.3, -0.25) is 9.47 Å². The van der Waals surface area contributed by atoms with Crippen LogP contribution in [0.4, 0.5) is 37.6 Å². The van der Waals surface area contributed by atoms with Crippen LogP contribution >= 0.6 is 22.9 Å². The van der Waals surface area contributed by atoms with Crippen molar-refractivity contribution >= 4 is 60.8 Å². The van der Waals surface area contributed by atoms with Crippen molar-refractivity contribution in [2.75, 3.05) is 43.4 Å². The van der Waals surface area contributed by atoms with Crippen LogP contribution in [0.5, 0.6) is 6.01 Å². The number of rotatable bonds is 8. The number of likely N-dealkylation sites (N-methyl/N-ethyl adjacent to an activating group) is 1. The largest absolute Gasteiger partial charge is 0.461 e. The Balaban J connectivity index is 1.24. The van der Waals surface area contributed by atoms with E-state index in [9.17, 15) is 23.2 Å². The summed E-state index contributed by atoms with van der Waals surface area (Å²) in [6.07, 6.45) is -0.480. The smallest absolute Gasteiger partial charge is 0.329 e. The molecular weight excluding hydrogens is 777 g/mol. The molecular formula is C38H37ClF5N9O2S. The van der Waals surface area contributed by atoms with E-state index in [-0.39, 0.29) is 91.0 Å². The minimum absolute atomic E-state index is 0.00614. The first-order valence-corrected chi connectivity index (χ1v) is 19.5. The SMILES string of the molecule is CCN(c1nc(OC[C@@]23CCCN2C[C@H](F)C3)nc2c(F)c(-c3ccc(F)c4sc(N)c(C#N)c34)c(Cl)cc12)[C@@H]1CCN(C(=O)n2cc(C(F)F)nc2C)[C@@H]1C. The van der Waals surface area contributed by atoms with Crippen molar-refractivity contribution in [2.45, 2.75) is 76.7 Å². The number of nitrogens with zero attached hydrogens (tertiary/aromatic N) is 8. The molecule has 0 saturated carbocycles. The average Bonchev–Trinajstić information content (AvgIpc) is 3.97. The minimum atomic E-state index is -2.84. The van der Waals surface area contributed by atoms with E-state index in [1.807, 2.05) is 24.8 Å². The molecule has 0 unspecified atom stereocenters. The Kier molecular flexibility index (Phi) is 9.73. The monoisotopic (exact) mass is 813 g/mol. The van der Waals surface area contributed by atoms with Crippen molar-refractivity contribution in [1.82, 2.24) is 29.3 Å². The zero-order chi connectivity index (χ0) is 39.8. The van der Waals surface area contributed by atoms with Gasteiger partial charge >= 0.3 is 12.0 Å². The molecule has 294 valence electrons. The maximum atomic E-state index is 17.3. The lowest BCUT2D eigenvalue weighted by atomic mass is 9.95. The number of hydrogen-bond acceptors (Lipinski definition) is 10. The van der Waals surface area contributed by atoms with E-state index in [0.29, 0.717) is 25.9 Å². The van der Waals surface area contributed by atoms with Gasteiger partial charge in [0.05, 0.1) is 32.9 Å². The molecule has 0 spiro atoms. The van der Waals surface area contributed by atoms with E-state index in [2.05, 4.69) is 14.9 Å². The summed E-state index contributed by atoms with van der Waals surface area (Å²) >= 11 is 7.80. The van der Waals surface area contributed by atoms with Crippen LogP contribution in [0, 0.1) is 29.9 Å². The zero-order valence-electron chi connectivity index (χ0n) is 30.6. The molecule has 1 amide bonds. The number of aromatic nitrogens is 4. The number of amides is 1. The highest BCUT2D eigenvalue weighted by Gasteiger charge is 2.49. The van der Waals surface area contributed by atoms with Crippen LogP contribution in [0.2, 0.25) is 5.02 Å². The first-order chi connectivity index (χ1) is 26.8. The van der Waals surface area contributed by atoms with Crippen LogP contribution in [0.25, 0.3) is 32.1 Å². The number of ether oxygens (including phenoxy) is 1. The Labute approximate surface area is 327 Å². The Bertz CT molecular complexity index is 2440. The third-order valence-electron chi connectivity index (χ3n) is 11.6. The van der Waals surface area contributed by atoms with E-state index in [1.54, 1.807) is 4.90 Å². The highest BCUT2D eigenvalue weighted by Crippen LogP contribution is 2.46. The van der Waals surface area contributed by atoms with E-state index >= 15 is 8.78 Å². The Morgan fingerprint density at radius 2 is 2.04 bits per heavy atom. The number of carbonyl (C=O) groups is 1. The summed E-state index contributed by atoms with van der Waals surface area (Å²) in [5.74, 6) is -1.10. The van der Waals surface area contributed by atoms with Crippen molar-refractivity contribution in [2.24, 2.45) is 0 Å². The highest BCUT2D eigenvalue weighted by atomic mass is 35.5. The number of benzene rings is 2. The third kappa shape index (κ3) is 6.08. The van der Waals surface area contributed by atoms with Crippen molar-refractivity contribution in [1.29, 1.82) is 5.26 Å². The molecule has 0 aliphatic carbocycles. The normalized spacial score (nSPS) is 22.4. The van der Waals surface area contributed by atoms with Gasteiger partial charge in [-0.15, -0.1) is 11.3 Å². The molecule has 0 radical (unpaired) electrons. The number of thiophene rings is 1. The summed E-state index contributed by atoms with van der Waals surface area (Å²) < 4.78 is 81.4. The second-order valence-electron chi connectivity index (χ2n) is 14.6. The molecule has 2 aromatic carbocycles. The fourth-order valence-electron chi connectivity index (χ4n) is 8.93. The minimum Gasteiger partial charge on any atom is -0.461 e. The number of carbonyl (C=O) groups excluding carboxylic acids is 1.